The third-order valence-corrected chi connectivity index (χ3v) is 5.90. The van der Waals surface area contributed by atoms with Gasteiger partial charge in [0.2, 0.25) is 0 Å². The number of fused-ring (bicyclic) bond motifs is 1. The maximum absolute atomic E-state index is 14.0. The lowest BCUT2D eigenvalue weighted by Gasteiger charge is -2.32. The zero-order valence-corrected chi connectivity index (χ0v) is 21.6. The normalized spacial score (nSPS) is 12.3. The predicted molar refractivity (Wildman–Crippen MR) is 139 cm³/mol. The van der Waals surface area contributed by atoms with Crippen molar-refractivity contribution in [2.24, 2.45) is 0 Å². The van der Waals surface area contributed by atoms with Crippen LogP contribution in [0.25, 0.3) is 10.8 Å². The molecule has 2 rings (SSSR count). The molecule has 0 heterocycles. The van der Waals surface area contributed by atoms with Gasteiger partial charge < -0.3 is 14.9 Å². The Balaban J connectivity index is 2.63. The van der Waals surface area contributed by atoms with Crippen LogP contribution in [0.1, 0.15) is 94.3 Å². The molecule has 0 saturated heterocycles. The third-order valence-electron chi connectivity index (χ3n) is 5.90. The number of carbonyl (C=O) groups is 1. The van der Waals surface area contributed by atoms with Crippen LogP contribution in [0.15, 0.2) is 30.3 Å². The van der Waals surface area contributed by atoms with Gasteiger partial charge in [-0.1, -0.05) is 62.4 Å². The Hall–Kier alpha value is -2.35. The van der Waals surface area contributed by atoms with Gasteiger partial charge in [-0.05, 0) is 64.5 Å². The first-order valence-corrected chi connectivity index (χ1v) is 12.4. The van der Waals surface area contributed by atoms with E-state index >= 15 is 0 Å². The molecule has 2 aromatic rings. The van der Waals surface area contributed by atoms with E-state index < -0.39 is 6.10 Å². The lowest BCUT2D eigenvalue weighted by molar-refractivity contribution is 0.0641. The fourth-order valence-corrected chi connectivity index (χ4v) is 4.48. The van der Waals surface area contributed by atoms with Gasteiger partial charge in [-0.25, -0.2) is 0 Å². The molecular weight excluding hydrogens is 408 g/mol. The first-order chi connectivity index (χ1) is 15.7. The first-order valence-electron chi connectivity index (χ1n) is 12.4. The van der Waals surface area contributed by atoms with Crippen molar-refractivity contribution in [1.29, 1.82) is 0 Å². The van der Waals surface area contributed by atoms with Crippen LogP contribution in [-0.4, -0.2) is 47.0 Å². The molecule has 4 nitrogen and oxygen atoms in total. The quantitative estimate of drug-likeness (QED) is 0.348. The predicted octanol–water partition coefficient (Wildman–Crippen LogP) is 6.17. The molecule has 0 aliphatic rings. The standard InChI is InChI=1S/C29H42N2O2/c1-8-9-10-11-12-13-17-26(32)25-19-18-23-15-14-16-24(20-30(6)7)27(23)28(25)29(33)31(21(2)3)22(4)5/h14-16,18-19,21-22,26,32H,8-12,20H2,1-7H3. The van der Waals surface area contributed by atoms with Gasteiger partial charge >= 0.3 is 0 Å². The molecule has 1 unspecified atom stereocenters. The average Bonchev–Trinajstić information content (AvgIpc) is 2.74. The van der Waals surface area contributed by atoms with Crippen LogP contribution in [0.2, 0.25) is 0 Å². The summed E-state index contributed by atoms with van der Waals surface area (Å²) in [7, 11) is 4.05. The summed E-state index contributed by atoms with van der Waals surface area (Å²) in [4.78, 5) is 18.0. The van der Waals surface area contributed by atoms with Crippen LogP contribution >= 0.6 is 0 Å². The molecule has 0 radical (unpaired) electrons. The Morgan fingerprint density at radius 1 is 1.00 bits per heavy atom. The molecule has 1 N–H and O–H groups in total. The summed E-state index contributed by atoms with van der Waals surface area (Å²) in [5.41, 5.74) is 2.26. The molecule has 0 saturated carbocycles. The molecule has 1 amide bonds. The summed E-state index contributed by atoms with van der Waals surface area (Å²) in [5.74, 6) is 6.12. The molecular formula is C29H42N2O2. The number of aliphatic hydroxyl groups excluding tert-OH is 1. The van der Waals surface area contributed by atoms with E-state index in [9.17, 15) is 9.90 Å². The van der Waals surface area contributed by atoms with Crippen molar-refractivity contribution in [2.75, 3.05) is 14.1 Å². The van der Waals surface area contributed by atoms with Gasteiger partial charge in [-0.15, -0.1) is 5.92 Å². The lowest BCUT2D eigenvalue weighted by Crippen LogP contribution is -2.42. The van der Waals surface area contributed by atoms with Crippen LogP contribution < -0.4 is 0 Å². The lowest BCUT2D eigenvalue weighted by atomic mass is 9.91. The fourth-order valence-electron chi connectivity index (χ4n) is 4.48. The van der Waals surface area contributed by atoms with Crippen LogP contribution in [0.5, 0.6) is 0 Å². The van der Waals surface area contributed by atoms with Gasteiger partial charge in [0, 0.05) is 30.6 Å². The van der Waals surface area contributed by atoms with Crippen molar-refractivity contribution in [3.8, 4) is 11.8 Å². The minimum Gasteiger partial charge on any atom is -0.376 e. The molecule has 0 bridgehead atoms. The second-order valence-electron chi connectivity index (χ2n) is 9.72. The number of amides is 1. The molecule has 1 atom stereocenters. The number of unbranched alkanes of at least 4 members (excludes halogenated alkanes) is 4. The molecule has 2 aromatic carbocycles. The summed E-state index contributed by atoms with van der Waals surface area (Å²) >= 11 is 0. The maximum Gasteiger partial charge on any atom is 0.255 e. The number of aliphatic hydroxyl groups is 1. The number of hydrogen-bond acceptors (Lipinski definition) is 3. The minimum absolute atomic E-state index is 0.0448. The topological polar surface area (TPSA) is 43.8 Å². The Morgan fingerprint density at radius 3 is 2.30 bits per heavy atom. The second-order valence-corrected chi connectivity index (χ2v) is 9.72. The van der Waals surface area contributed by atoms with Crippen LogP contribution in [0.4, 0.5) is 0 Å². The van der Waals surface area contributed by atoms with E-state index in [1.165, 1.54) is 12.8 Å². The summed E-state index contributed by atoms with van der Waals surface area (Å²) in [6.07, 6.45) is 4.38. The molecule has 0 fully saturated rings. The molecule has 0 aliphatic heterocycles. The Kier molecular flexibility index (Phi) is 10.4. The van der Waals surface area contributed by atoms with Crippen LogP contribution in [-0.2, 0) is 6.54 Å². The molecule has 4 heteroatoms. The zero-order chi connectivity index (χ0) is 24.5. The molecule has 0 aliphatic carbocycles. The Labute approximate surface area is 201 Å². The SMILES string of the molecule is CCCCCCC#CC(O)c1ccc2cccc(CN(C)C)c2c1C(=O)N(C(C)C)C(C)C. The van der Waals surface area contributed by atoms with Gasteiger partial charge in [-0.3, -0.25) is 4.79 Å². The number of carbonyl (C=O) groups excluding carboxylic acids is 1. The van der Waals surface area contributed by atoms with Gasteiger partial charge in [0.15, 0.2) is 0 Å². The van der Waals surface area contributed by atoms with E-state index in [-0.39, 0.29) is 18.0 Å². The van der Waals surface area contributed by atoms with Crippen LogP contribution in [0, 0.1) is 11.8 Å². The Bertz CT molecular complexity index is 974. The van der Waals surface area contributed by atoms with Crippen molar-refractivity contribution in [2.45, 2.75) is 91.5 Å². The minimum atomic E-state index is -0.992. The number of nitrogens with zero attached hydrogens (tertiary/aromatic N) is 2. The summed E-state index contributed by atoms with van der Waals surface area (Å²) in [5, 5.41) is 13.0. The zero-order valence-electron chi connectivity index (χ0n) is 21.6. The van der Waals surface area contributed by atoms with Crippen molar-refractivity contribution >= 4 is 16.7 Å². The first kappa shape index (κ1) is 26.9. The highest BCUT2D eigenvalue weighted by molar-refractivity contribution is 6.10. The maximum atomic E-state index is 14.0. The summed E-state index contributed by atoms with van der Waals surface area (Å²) < 4.78 is 0. The number of hydrogen-bond donors (Lipinski definition) is 1. The second kappa shape index (κ2) is 12.8. The third kappa shape index (κ3) is 7.06. The molecule has 0 spiro atoms. The van der Waals surface area contributed by atoms with E-state index in [2.05, 4.69) is 29.7 Å². The summed E-state index contributed by atoms with van der Waals surface area (Å²) in [6.45, 7) is 11.1. The van der Waals surface area contributed by atoms with E-state index in [1.807, 2.05) is 71.0 Å². The van der Waals surface area contributed by atoms with Crippen molar-refractivity contribution in [3.63, 3.8) is 0 Å². The highest BCUT2D eigenvalue weighted by Crippen LogP contribution is 2.32. The van der Waals surface area contributed by atoms with Crippen molar-refractivity contribution < 1.29 is 9.90 Å². The van der Waals surface area contributed by atoms with Gasteiger partial charge in [0.05, 0.1) is 5.56 Å². The number of benzene rings is 2. The van der Waals surface area contributed by atoms with E-state index in [4.69, 9.17) is 0 Å². The van der Waals surface area contributed by atoms with E-state index in [0.29, 0.717) is 17.7 Å². The van der Waals surface area contributed by atoms with Gasteiger partial charge in [0.25, 0.3) is 5.91 Å². The van der Waals surface area contributed by atoms with E-state index in [0.717, 1.165) is 35.6 Å². The highest BCUT2D eigenvalue weighted by atomic mass is 16.3. The summed E-state index contributed by atoms with van der Waals surface area (Å²) in [6, 6.07) is 10.1. The van der Waals surface area contributed by atoms with Gasteiger partial charge in [-0.2, -0.15) is 0 Å². The smallest absolute Gasteiger partial charge is 0.255 e. The molecule has 33 heavy (non-hydrogen) atoms. The largest absolute Gasteiger partial charge is 0.376 e. The monoisotopic (exact) mass is 450 g/mol. The van der Waals surface area contributed by atoms with E-state index in [1.54, 1.807) is 0 Å². The molecule has 180 valence electrons. The molecule has 0 aromatic heterocycles. The Morgan fingerprint density at radius 2 is 1.70 bits per heavy atom. The van der Waals surface area contributed by atoms with Crippen molar-refractivity contribution in [3.05, 3.63) is 47.0 Å². The van der Waals surface area contributed by atoms with Gasteiger partial charge in [0.1, 0.15) is 6.10 Å². The highest BCUT2D eigenvalue weighted by Gasteiger charge is 2.28. The average molecular weight is 451 g/mol. The number of rotatable bonds is 10. The van der Waals surface area contributed by atoms with Crippen molar-refractivity contribution in [1.82, 2.24) is 9.80 Å². The fraction of sp³-hybridized carbons (Fsp3) is 0.552. The van der Waals surface area contributed by atoms with Crippen LogP contribution in [0.3, 0.4) is 0 Å².